The first-order valence-corrected chi connectivity index (χ1v) is 3.13. The molecule has 0 saturated carbocycles. The number of aryl methyl sites for hydroxylation is 2. The van der Waals surface area contributed by atoms with E-state index in [1.54, 1.807) is 14.0 Å². The van der Waals surface area contributed by atoms with Gasteiger partial charge in [-0.1, -0.05) is 11.6 Å². The zero-order chi connectivity index (χ0) is 7.72. The molecular formula is C6H6ClN3. The van der Waals surface area contributed by atoms with Crippen molar-refractivity contribution in [3.63, 3.8) is 0 Å². The predicted octanol–water partition coefficient (Wildman–Crippen LogP) is 1.25. The van der Waals surface area contributed by atoms with Crippen LogP contribution in [0.15, 0.2) is 0 Å². The number of hydrogen-bond donors (Lipinski definition) is 0. The Hall–Kier alpha value is -1.01. The molecule has 1 aromatic heterocycles. The Morgan fingerprint density at radius 3 is 2.50 bits per heavy atom. The summed E-state index contributed by atoms with van der Waals surface area (Å²) < 4.78 is 1.47. The molecule has 0 aliphatic rings. The maximum absolute atomic E-state index is 8.52. The van der Waals surface area contributed by atoms with Gasteiger partial charge in [-0.15, -0.1) is 0 Å². The summed E-state index contributed by atoms with van der Waals surface area (Å²) in [4.78, 5) is 0. The van der Waals surface area contributed by atoms with Crippen LogP contribution in [0.2, 0.25) is 5.02 Å². The fourth-order valence-electron chi connectivity index (χ4n) is 0.754. The van der Waals surface area contributed by atoms with E-state index in [9.17, 15) is 0 Å². The van der Waals surface area contributed by atoms with E-state index in [1.165, 1.54) is 4.68 Å². The third-order valence-corrected chi connectivity index (χ3v) is 1.71. The van der Waals surface area contributed by atoms with E-state index >= 15 is 0 Å². The first-order valence-electron chi connectivity index (χ1n) is 2.76. The summed E-state index contributed by atoms with van der Waals surface area (Å²) in [5.74, 6) is 0. The molecule has 0 bridgehead atoms. The minimum atomic E-state index is 0.416. The maximum atomic E-state index is 8.52. The summed E-state index contributed by atoms with van der Waals surface area (Å²) in [6.07, 6.45) is 0. The quantitative estimate of drug-likeness (QED) is 0.566. The van der Waals surface area contributed by atoms with E-state index in [0.717, 1.165) is 0 Å². The van der Waals surface area contributed by atoms with Gasteiger partial charge in [-0.3, -0.25) is 4.68 Å². The standard InChI is InChI=1S/C6H6ClN3/c1-4-6(7)5(3-8)10(2)9-4/h1-2H3. The highest BCUT2D eigenvalue weighted by Crippen LogP contribution is 2.17. The fourth-order valence-corrected chi connectivity index (χ4v) is 0.956. The zero-order valence-electron chi connectivity index (χ0n) is 5.72. The van der Waals surface area contributed by atoms with Gasteiger partial charge in [-0.05, 0) is 6.92 Å². The Bertz CT molecular complexity index is 295. The van der Waals surface area contributed by atoms with Gasteiger partial charge >= 0.3 is 0 Å². The van der Waals surface area contributed by atoms with Crippen LogP contribution in [0.25, 0.3) is 0 Å². The van der Waals surface area contributed by atoms with Crippen molar-refractivity contribution in [3.05, 3.63) is 16.4 Å². The number of halogens is 1. The van der Waals surface area contributed by atoms with Crippen molar-refractivity contribution in [1.29, 1.82) is 5.26 Å². The lowest BCUT2D eigenvalue weighted by Crippen LogP contribution is -1.93. The van der Waals surface area contributed by atoms with Gasteiger partial charge in [-0.2, -0.15) is 10.4 Å². The van der Waals surface area contributed by atoms with Crippen molar-refractivity contribution >= 4 is 11.6 Å². The lowest BCUT2D eigenvalue weighted by molar-refractivity contribution is 0.746. The van der Waals surface area contributed by atoms with Gasteiger partial charge in [0.1, 0.15) is 6.07 Å². The van der Waals surface area contributed by atoms with Crippen LogP contribution >= 0.6 is 11.6 Å². The summed E-state index contributed by atoms with van der Waals surface area (Å²) in [6.45, 7) is 1.77. The van der Waals surface area contributed by atoms with Crippen LogP contribution < -0.4 is 0 Å². The molecule has 10 heavy (non-hydrogen) atoms. The predicted molar refractivity (Wildman–Crippen MR) is 37.7 cm³/mol. The number of nitrogens with zero attached hydrogens (tertiary/aromatic N) is 3. The average molecular weight is 156 g/mol. The summed E-state index contributed by atoms with van der Waals surface area (Å²) >= 11 is 5.71. The van der Waals surface area contributed by atoms with E-state index in [-0.39, 0.29) is 0 Å². The molecule has 0 atom stereocenters. The van der Waals surface area contributed by atoms with Crippen molar-refractivity contribution in [2.24, 2.45) is 7.05 Å². The lowest BCUT2D eigenvalue weighted by Gasteiger charge is -1.86. The highest BCUT2D eigenvalue weighted by molar-refractivity contribution is 6.32. The Kier molecular flexibility index (Phi) is 1.64. The molecule has 0 aliphatic heterocycles. The highest BCUT2D eigenvalue weighted by Gasteiger charge is 2.08. The molecule has 0 unspecified atom stereocenters. The summed E-state index contributed by atoms with van der Waals surface area (Å²) in [5, 5.41) is 12.9. The Labute approximate surface area is 63.8 Å². The fraction of sp³-hybridized carbons (Fsp3) is 0.333. The second-order valence-electron chi connectivity index (χ2n) is 1.98. The molecule has 0 fully saturated rings. The monoisotopic (exact) mass is 155 g/mol. The molecule has 52 valence electrons. The van der Waals surface area contributed by atoms with E-state index in [1.807, 2.05) is 6.07 Å². The van der Waals surface area contributed by atoms with Gasteiger partial charge in [0, 0.05) is 7.05 Å². The van der Waals surface area contributed by atoms with E-state index in [2.05, 4.69) is 5.10 Å². The smallest absolute Gasteiger partial charge is 0.157 e. The molecule has 0 saturated heterocycles. The number of nitriles is 1. The molecule has 0 spiro atoms. The first-order chi connectivity index (χ1) is 4.66. The van der Waals surface area contributed by atoms with Crippen molar-refractivity contribution in [1.82, 2.24) is 9.78 Å². The SMILES string of the molecule is Cc1nn(C)c(C#N)c1Cl. The minimum Gasteiger partial charge on any atom is -0.256 e. The third kappa shape index (κ3) is 0.869. The summed E-state index contributed by atoms with van der Waals surface area (Å²) in [7, 11) is 1.69. The van der Waals surface area contributed by atoms with Crippen molar-refractivity contribution < 1.29 is 0 Å². The number of aromatic nitrogens is 2. The van der Waals surface area contributed by atoms with Crippen molar-refractivity contribution in [3.8, 4) is 6.07 Å². The highest BCUT2D eigenvalue weighted by atomic mass is 35.5. The molecular weight excluding hydrogens is 150 g/mol. The van der Waals surface area contributed by atoms with Gasteiger partial charge < -0.3 is 0 Å². The third-order valence-electron chi connectivity index (χ3n) is 1.26. The second kappa shape index (κ2) is 2.31. The van der Waals surface area contributed by atoms with Gasteiger partial charge in [0.05, 0.1) is 10.7 Å². The van der Waals surface area contributed by atoms with Crippen LogP contribution in [0, 0.1) is 18.3 Å². The molecule has 0 aromatic carbocycles. The maximum Gasteiger partial charge on any atom is 0.157 e. The van der Waals surface area contributed by atoms with Gasteiger partial charge in [-0.25, -0.2) is 0 Å². The second-order valence-corrected chi connectivity index (χ2v) is 2.36. The number of rotatable bonds is 0. The van der Waals surface area contributed by atoms with E-state index in [4.69, 9.17) is 16.9 Å². The molecule has 1 rings (SSSR count). The molecule has 1 aromatic rings. The molecule has 0 radical (unpaired) electrons. The topological polar surface area (TPSA) is 41.6 Å². The van der Waals surface area contributed by atoms with Crippen LogP contribution in [0.4, 0.5) is 0 Å². The van der Waals surface area contributed by atoms with Crippen LogP contribution in [-0.2, 0) is 7.05 Å². The molecule has 4 heteroatoms. The van der Waals surface area contributed by atoms with Crippen LogP contribution in [0.3, 0.4) is 0 Å². The lowest BCUT2D eigenvalue weighted by atomic mass is 10.4. The van der Waals surface area contributed by atoms with Crippen molar-refractivity contribution in [2.45, 2.75) is 6.92 Å². The van der Waals surface area contributed by atoms with Crippen LogP contribution in [0.1, 0.15) is 11.4 Å². The largest absolute Gasteiger partial charge is 0.256 e. The zero-order valence-corrected chi connectivity index (χ0v) is 6.48. The van der Waals surface area contributed by atoms with Gasteiger partial charge in [0.25, 0.3) is 0 Å². The molecule has 0 amide bonds. The average Bonchev–Trinajstić information content (AvgIpc) is 2.09. The van der Waals surface area contributed by atoms with Gasteiger partial charge in [0.2, 0.25) is 0 Å². The summed E-state index contributed by atoms with van der Waals surface area (Å²) in [6, 6.07) is 1.95. The number of hydrogen-bond acceptors (Lipinski definition) is 2. The van der Waals surface area contributed by atoms with Crippen molar-refractivity contribution in [2.75, 3.05) is 0 Å². The minimum absolute atomic E-state index is 0.416. The van der Waals surface area contributed by atoms with Crippen LogP contribution in [-0.4, -0.2) is 9.78 Å². The molecule has 0 N–H and O–H groups in total. The normalized spacial score (nSPS) is 9.40. The van der Waals surface area contributed by atoms with E-state index in [0.29, 0.717) is 16.4 Å². The molecule has 3 nitrogen and oxygen atoms in total. The Balaban J connectivity index is 3.37. The van der Waals surface area contributed by atoms with Crippen LogP contribution in [0.5, 0.6) is 0 Å². The van der Waals surface area contributed by atoms with Gasteiger partial charge in [0.15, 0.2) is 5.69 Å². The first kappa shape index (κ1) is 7.10. The molecule has 1 heterocycles. The molecule has 0 aliphatic carbocycles. The summed E-state index contributed by atoms with van der Waals surface area (Å²) in [5.41, 5.74) is 1.11. The van der Waals surface area contributed by atoms with E-state index < -0.39 is 0 Å². The Morgan fingerprint density at radius 1 is 1.70 bits per heavy atom. The Morgan fingerprint density at radius 2 is 2.30 bits per heavy atom.